The second kappa shape index (κ2) is 8.36. The van der Waals surface area contributed by atoms with Crippen molar-refractivity contribution in [2.24, 2.45) is 11.3 Å². The maximum atomic E-state index is 2.41. The Bertz CT molecular complexity index is 461. The first kappa shape index (κ1) is 17.8. The predicted molar refractivity (Wildman–Crippen MR) is 109 cm³/mol. The minimum atomic E-state index is 0.727. The van der Waals surface area contributed by atoms with Crippen molar-refractivity contribution in [1.82, 2.24) is 0 Å². The fraction of sp³-hybridized carbons (Fsp3) is 0.727. The van der Waals surface area contributed by atoms with Crippen molar-refractivity contribution in [3.63, 3.8) is 0 Å². The lowest BCUT2D eigenvalue weighted by molar-refractivity contribution is 0.0511. The van der Waals surface area contributed by atoms with E-state index in [2.05, 4.69) is 53.8 Å². The molecule has 1 heteroatoms. The predicted octanol–water partition coefficient (Wildman–Crippen LogP) is 7.71. The quantitative estimate of drug-likeness (QED) is 0.425. The molecule has 2 aliphatic rings. The van der Waals surface area contributed by atoms with E-state index in [9.17, 15) is 0 Å². The second-order valence-corrected chi connectivity index (χ2v) is 9.37. The van der Waals surface area contributed by atoms with E-state index in [1.165, 1.54) is 80.6 Å². The summed E-state index contributed by atoms with van der Waals surface area (Å²) in [6, 6.07) is 9.32. The molecule has 2 fully saturated rings. The van der Waals surface area contributed by atoms with Gasteiger partial charge in [0.15, 0.2) is 0 Å². The number of rotatable bonds is 5. The van der Waals surface area contributed by atoms with Crippen LogP contribution in [0.4, 0.5) is 0 Å². The van der Waals surface area contributed by atoms with Gasteiger partial charge in [0.05, 0.1) is 0 Å². The van der Waals surface area contributed by atoms with Crippen LogP contribution in [0.3, 0.4) is 0 Å². The number of hydrogen-bond acceptors (Lipinski definition) is 0. The summed E-state index contributed by atoms with van der Waals surface area (Å²) in [5.74, 6) is 1.85. The van der Waals surface area contributed by atoms with Crippen LogP contribution in [-0.4, -0.2) is 0 Å². The highest BCUT2D eigenvalue weighted by Gasteiger charge is 2.40. The molecule has 23 heavy (non-hydrogen) atoms. The van der Waals surface area contributed by atoms with Crippen molar-refractivity contribution < 1.29 is 0 Å². The van der Waals surface area contributed by atoms with E-state index in [0.29, 0.717) is 0 Å². The first-order valence-corrected chi connectivity index (χ1v) is 11.1. The summed E-state index contributed by atoms with van der Waals surface area (Å²) >= 11 is 2.41. The van der Waals surface area contributed by atoms with E-state index >= 15 is 0 Å². The average molecular weight is 424 g/mol. The van der Waals surface area contributed by atoms with Gasteiger partial charge in [0.2, 0.25) is 0 Å². The van der Waals surface area contributed by atoms with Gasteiger partial charge in [0.25, 0.3) is 0 Å². The molecule has 0 radical (unpaired) electrons. The van der Waals surface area contributed by atoms with E-state index in [4.69, 9.17) is 0 Å². The summed E-state index contributed by atoms with van der Waals surface area (Å²) < 4.78 is 1.36. The number of halogens is 1. The van der Waals surface area contributed by atoms with Crippen LogP contribution in [0, 0.1) is 14.9 Å². The van der Waals surface area contributed by atoms with Gasteiger partial charge in [-0.1, -0.05) is 51.2 Å². The summed E-state index contributed by atoms with van der Waals surface area (Å²) in [5.41, 5.74) is 2.32. The monoisotopic (exact) mass is 424 g/mol. The molecular formula is C22H33I. The maximum absolute atomic E-state index is 2.41. The topological polar surface area (TPSA) is 0 Å². The van der Waals surface area contributed by atoms with Crippen molar-refractivity contribution in [1.29, 1.82) is 0 Å². The van der Waals surface area contributed by atoms with Gasteiger partial charge in [0.1, 0.15) is 0 Å². The molecule has 128 valence electrons. The zero-order valence-electron chi connectivity index (χ0n) is 14.8. The van der Waals surface area contributed by atoms with Crippen molar-refractivity contribution in [3.05, 3.63) is 33.4 Å². The fourth-order valence-electron chi connectivity index (χ4n) is 5.42. The van der Waals surface area contributed by atoms with Crippen molar-refractivity contribution in [2.75, 3.05) is 0 Å². The first-order chi connectivity index (χ1) is 11.2. The zero-order valence-corrected chi connectivity index (χ0v) is 17.0. The Morgan fingerprint density at radius 2 is 1.61 bits per heavy atom. The lowest BCUT2D eigenvalue weighted by Crippen LogP contribution is -2.35. The molecule has 0 nitrogen and oxygen atoms in total. The largest absolute Gasteiger partial charge is 0.0654 e. The molecule has 0 spiro atoms. The molecule has 2 saturated carbocycles. The van der Waals surface area contributed by atoms with Gasteiger partial charge in [0, 0.05) is 3.57 Å². The van der Waals surface area contributed by atoms with Crippen LogP contribution in [0.1, 0.15) is 95.5 Å². The molecule has 0 saturated heterocycles. The van der Waals surface area contributed by atoms with E-state index < -0.39 is 0 Å². The number of hydrogen-bond donors (Lipinski definition) is 0. The molecule has 3 rings (SSSR count). The summed E-state index contributed by atoms with van der Waals surface area (Å²) in [5, 5.41) is 0. The van der Waals surface area contributed by atoms with E-state index in [1.807, 2.05) is 0 Å². The van der Waals surface area contributed by atoms with Crippen LogP contribution in [-0.2, 0) is 0 Å². The van der Waals surface area contributed by atoms with Crippen molar-refractivity contribution in [2.45, 2.75) is 89.9 Å². The Balaban J connectivity index is 1.62. The van der Waals surface area contributed by atoms with E-state index in [-0.39, 0.29) is 0 Å². The minimum Gasteiger partial charge on any atom is -0.0654 e. The van der Waals surface area contributed by atoms with Crippen molar-refractivity contribution >= 4 is 22.6 Å². The van der Waals surface area contributed by atoms with Gasteiger partial charge < -0.3 is 0 Å². The van der Waals surface area contributed by atoms with Crippen LogP contribution < -0.4 is 0 Å². The molecule has 0 atom stereocenters. The minimum absolute atomic E-state index is 0.727. The Morgan fingerprint density at radius 3 is 2.22 bits per heavy atom. The molecule has 0 amide bonds. The van der Waals surface area contributed by atoms with E-state index in [0.717, 1.165) is 17.3 Å². The molecule has 0 bridgehead atoms. The Labute approximate surface area is 157 Å². The highest BCUT2D eigenvalue weighted by Crippen LogP contribution is 2.53. The van der Waals surface area contributed by atoms with Gasteiger partial charge in [-0.05, 0) is 102 Å². The first-order valence-electron chi connectivity index (χ1n) is 9.99. The van der Waals surface area contributed by atoms with Crippen LogP contribution in [0.2, 0.25) is 0 Å². The summed E-state index contributed by atoms with van der Waals surface area (Å²) in [4.78, 5) is 0. The van der Waals surface area contributed by atoms with E-state index in [1.54, 1.807) is 5.56 Å². The third-order valence-corrected chi connectivity index (χ3v) is 7.53. The Kier molecular flexibility index (Phi) is 6.46. The second-order valence-electron chi connectivity index (χ2n) is 8.13. The molecule has 1 aromatic carbocycles. The zero-order chi connectivity index (χ0) is 16.1. The molecule has 0 unspecified atom stereocenters. The number of unbranched alkanes of at least 4 members (excludes halogenated alkanes) is 1. The summed E-state index contributed by atoms with van der Waals surface area (Å²) in [6.07, 6.45) is 17.7. The molecule has 0 heterocycles. The van der Waals surface area contributed by atoms with Gasteiger partial charge in [-0.3, -0.25) is 0 Å². The smallest absolute Gasteiger partial charge is 0.0130 e. The third-order valence-electron chi connectivity index (χ3n) is 6.81. The molecule has 0 aromatic heterocycles. The Hall–Kier alpha value is -0.0500. The lowest BCUT2D eigenvalue weighted by Gasteiger charge is -2.47. The average Bonchev–Trinajstić information content (AvgIpc) is 2.62. The van der Waals surface area contributed by atoms with Gasteiger partial charge >= 0.3 is 0 Å². The van der Waals surface area contributed by atoms with Gasteiger partial charge in [-0.2, -0.15) is 0 Å². The summed E-state index contributed by atoms with van der Waals surface area (Å²) in [7, 11) is 0. The maximum Gasteiger partial charge on any atom is 0.0130 e. The Morgan fingerprint density at radius 1 is 0.957 bits per heavy atom. The van der Waals surface area contributed by atoms with Crippen LogP contribution in [0.25, 0.3) is 0 Å². The molecular weight excluding hydrogens is 391 g/mol. The van der Waals surface area contributed by atoms with Crippen LogP contribution in [0.15, 0.2) is 24.3 Å². The third kappa shape index (κ3) is 4.32. The van der Waals surface area contributed by atoms with Crippen molar-refractivity contribution in [3.8, 4) is 0 Å². The molecule has 2 aliphatic carbocycles. The van der Waals surface area contributed by atoms with Crippen LogP contribution >= 0.6 is 22.6 Å². The fourth-order valence-corrected chi connectivity index (χ4v) is 5.78. The SMILES string of the molecule is CCCCC1(C2CCC(c3ccc(I)cc3)CC2)CCCCC1. The standard InChI is InChI=1S/C22H33I/c1-2-3-15-22(16-5-4-6-17-22)20-11-7-18(8-12-20)19-9-13-21(23)14-10-19/h9-10,13-14,18,20H,2-8,11-12,15-17H2,1H3. The number of benzene rings is 1. The highest BCUT2D eigenvalue weighted by molar-refractivity contribution is 14.1. The highest BCUT2D eigenvalue weighted by atomic mass is 127. The van der Waals surface area contributed by atoms with Gasteiger partial charge in [-0.15, -0.1) is 0 Å². The molecule has 0 aliphatic heterocycles. The van der Waals surface area contributed by atoms with Crippen LogP contribution in [0.5, 0.6) is 0 Å². The molecule has 0 N–H and O–H groups in total. The lowest BCUT2D eigenvalue weighted by atomic mass is 9.58. The summed E-state index contributed by atoms with van der Waals surface area (Å²) in [6.45, 7) is 2.37. The normalized spacial score (nSPS) is 27.7. The molecule has 1 aromatic rings. The van der Waals surface area contributed by atoms with Gasteiger partial charge in [-0.25, -0.2) is 0 Å².